The molecule has 0 aliphatic heterocycles. The van der Waals surface area contributed by atoms with Crippen molar-refractivity contribution in [2.45, 2.75) is 26.2 Å². The molecule has 0 aliphatic carbocycles. The summed E-state index contributed by atoms with van der Waals surface area (Å²) >= 11 is 0. The minimum atomic E-state index is -0.440. The van der Waals surface area contributed by atoms with Crippen LogP contribution < -0.4 is 4.74 Å². The maximum Gasteiger partial charge on any atom is 0.338 e. The van der Waals surface area contributed by atoms with Crippen LogP contribution >= 0.6 is 0 Å². The van der Waals surface area contributed by atoms with Crippen LogP contribution in [0.2, 0.25) is 0 Å². The summed E-state index contributed by atoms with van der Waals surface area (Å²) in [4.78, 5) is 16.4. The summed E-state index contributed by atoms with van der Waals surface area (Å²) in [6, 6.07) is 7.48. The summed E-state index contributed by atoms with van der Waals surface area (Å²) in [5.41, 5.74) is 1.20. The van der Waals surface area contributed by atoms with Crippen molar-refractivity contribution in [3.8, 4) is 17.0 Å². The van der Waals surface area contributed by atoms with Gasteiger partial charge in [0, 0.05) is 17.8 Å². The third kappa shape index (κ3) is 4.52. The molecule has 0 bridgehead atoms. The normalized spacial score (nSPS) is 10.4. The molecule has 0 fully saturated rings. The molecule has 5 heteroatoms. The lowest BCUT2D eigenvalue weighted by molar-refractivity contribution is 0.0499. The van der Waals surface area contributed by atoms with E-state index in [0.717, 1.165) is 19.3 Å². The number of esters is 1. The Kier molecular flexibility index (Phi) is 6.09. The highest BCUT2D eigenvalue weighted by Gasteiger charge is 2.16. The van der Waals surface area contributed by atoms with Crippen LogP contribution in [0, 0.1) is 5.82 Å². The molecule has 23 heavy (non-hydrogen) atoms. The Morgan fingerprint density at radius 3 is 2.74 bits per heavy atom. The van der Waals surface area contributed by atoms with E-state index in [-0.39, 0.29) is 0 Å². The zero-order valence-corrected chi connectivity index (χ0v) is 13.3. The van der Waals surface area contributed by atoms with Crippen LogP contribution in [0.4, 0.5) is 4.39 Å². The van der Waals surface area contributed by atoms with Crippen LogP contribution in [0.1, 0.15) is 36.5 Å². The van der Waals surface area contributed by atoms with Crippen LogP contribution in [0.15, 0.2) is 36.5 Å². The lowest BCUT2D eigenvalue weighted by Crippen LogP contribution is -2.08. The highest BCUT2D eigenvalue weighted by molar-refractivity contribution is 5.97. The molecule has 1 heterocycles. The molecule has 0 saturated heterocycles. The molecule has 0 N–H and O–H groups in total. The summed E-state index contributed by atoms with van der Waals surface area (Å²) in [6.45, 7) is 2.45. The minimum Gasteiger partial charge on any atom is -0.497 e. The van der Waals surface area contributed by atoms with E-state index in [9.17, 15) is 9.18 Å². The molecule has 1 aromatic heterocycles. The topological polar surface area (TPSA) is 48.4 Å². The number of nitrogens with zero attached hydrogens (tertiary/aromatic N) is 1. The van der Waals surface area contributed by atoms with Gasteiger partial charge in [-0.1, -0.05) is 19.8 Å². The molecule has 0 spiro atoms. The van der Waals surface area contributed by atoms with Gasteiger partial charge in [0.15, 0.2) is 0 Å². The van der Waals surface area contributed by atoms with Crippen LogP contribution in [0.3, 0.4) is 0 Å². The van der Waals surface area contributed by atoms with Gasteiger partial charge in [0.25, 0.3) is 0 Å². The number of rotatable bonds is 7. The van der Waals surface area contributed by atoms with Crippen LogP contribution in [0.25, 0.3) is 11.3 Å². The fourth-order valence-corrected chi connectivity index (χ4v) is 2.19. The average Bonchev–Trinajstić information content (AvgIpc) is 2.58. The molecular weight excluding hydrogens is 297 g/mol. The average molecular weight is 317 g/mol. The van der Waals surface area contributed by atoms with E-state index in [1.54, 1.807) is 18.2 Å². The van der Waals surface area contributed by atoms with E-state index in [1.807, 2.05) is 0 Å². The Labute approximate surface area is 135 Å². The second-order valence-electron chi connectivity index (χ2n) is 5.11. The van der Waals surface area contributed by atoms with E-state index in [0.29, 0.717) is 29.2 Å². The third-order valence-electron chi connectivity index (χ3n) is 3.43. The van der Waals surface area contributed by atoms with Crippen molar-refractivity contribution < 1.29 is 18.7 Å². The first-order valence-corrected chi connectivity index (χ1v) is 7.62. The Hall–Kier alpha value is -2.43. The molecule has 0 saturated carbocycles. The number of hydrogen-bond acceptors (Lipinski definition) is 4. The van der Waals surface area contributed by atoms with Crippen molar-refractivity contribution >= 4 is 5.97 Å². The molecule has 4 nitrogen and oxygen atoms in total. The number of carbonyl (C=O) groups excluding carboxylic acids is 1. The smallest absolute Gasteiger partial charge is 0.338 e. The van der Waals surface area contributed by atoms with Gasteiger partial charge in [0.2, 0.25) is 0 Å². The largest absolute Gasteiger partial charge is 0.497 e. The van der Waals surface area contributed by atoms with Crippen molar-refractivity contribution in [2.24, 2.45) is 0 Å². The number of ether oxygens (including phenoxy) is 2. The summed E-state index contributed by atoms with van der Waals surface area (Å²) in [5.74, 6) is -0.293. The van der Waals surface area contributed by atoms with Crippen molar-refractivity contribution in [1.82, 2.24) is 4.98 Å². The molecule has 2 aromatic rings. The number of methoxy groups -OCH3 is 1. The molecule has 1 aromatic carbocycles. The first-order valence-electron chi connectivity index (χ1n) is 7.62. The standard InChI is InChI=1S/C18H20FNO3/c1-3-4-5-10-23-18(21)15-7-6-14(22-2)12-16(15)17-11-13(19)8-9-20-17/h6-9,11-12H,3-5,10H2,1-2H3. The van der Waals surface area contributed by atoms with Gasteiger partial charge < -0.3 is 9.47 Å². The molecular formula is C18H20FNO3. The first-order chi connectivity index (χ1) is 11.2. The predicted octanol–water partition coefficient (Wildman–Crippen LogP) is 4.24. The predicted molar refractivity (Wildman–Crippen MR) is 86.0 cm³/mol. The van der Waals surface area contributed by atoms with Gasteiger partial charge in [0.05, 0.1) is 25.0 Å². The Balaban J connectivity index is 2.30. The van der Waals surface area contributed by atoms with Crippen molar-refractivity contribution in [3.05, 3.63) is 47.9 Å². The van der Waals surface area contributed by atoms with E-state index in [4.69, 9.17) is 9.47 Å². The highest BCUT2D eigenvalue weighted by atomic mass is 19.1. The second-order valence-corrected chi connectivity index (χ2v) is 5.11. The van der Waals surface area contributed by atoms with E-state index in [2.05, 4.69) is 11.9 Å². The van der Waals surface area contributed by atoms with Gasteiger partial charge in [-0.05, 0) is 30.7 Å². The Morgan fingerprint density at radius 2 is 2.04 bits per heavy atom. The van der Waals surface area contributed by atoms with Crippen molar-refractivity contribution in [1.29, 1.82) is 0 Å². The molecule has 0 amide bonds. The van der Waals surface area contributed by atoms with Gasteiger partial charge in [-0.3, -0.25) is 4.98 Å². The molecule has 0 aliphatic rings. The third-order valence-corrected chi connectivity index (χ3v) is 3.43. The SMILES string of the molecule is CCCCCOC(=O)c1ccc(OC)cc1-c1cc(F)ccn1. The van der Waals surface area contributed by atoms with Gasteiger partial charge in [-0.2, -0.15) is 0 Å². The minimum absolute atomic E-state index is 0.348. The first kappa shape index (κ1) is 16.9. The fourth-order valence-electron chi connectivity index (χ4n) is 2.19. The van der Waals surface area contributed by atoms with Gasteiger partial charge in [-0.15, -0.1) is 0 Å². The molecule has 122 valence electrons. The summed E-state index contributed by atoms with van der Waals surface area (Å²) < 4.78 is 23.9. The number of pyridine rings is 1. The monoisotopic (exact) mass is 317 g/mol. The van der Waals surface area contributed by atoms with Gasteiger partial charge in [0.1, 0.15) is 11.6 Å². The number of hydrogen-bond donors (Lipinski definition) is 0. The van der Waals surface area contributed by atoms with E-state index >= 15 is 0 Å². The van der Waals surface area contributed by atoms with E-state index < -0.39 is 11.8 Å². The molecule has 0 unspecified atom stereocenters. The maximum atomic E-state index is 13.5. The summed E-state index contributed by atoms with van der Waals surface area (Å²) in [6.07, 6.45) is 4.25. The van der Waals surface area contributed by atoms with Crippen molar-refractivity contribution in [3.63, 3.8) is 0 Å². The van der Waals surface area contributed by atoms with Crippen LogP contribution in [0.5, 0.6) is 5.75 Å². The highest BCUT2D eigenvalue weighted by Crippen LogP contribution is 2.27. The fraction of sp³-hybridized carbons (Fsp3) is 0.333. The number of unbranched alkanes of at least 4 members (excludes halogenated alkanes) is 2. The summed E-state index contributed by atoms with van der Waals surface area (Å²) in [5, 5.41) is 0. The molecule has 2 rings (SSSR count). The Morgan fingerprint density at radius 1 is 1.22 bits per heavy atom. The molecule has 0 atom stereocenters. The quantitative estimate of drug-likeness (QED) is 0.566. The zero-order valence-electron chi connectivity index (χ0n) is 13.3. The lowest BCUT2D eigenvalue weighted by Gasteiger charge is -2.11. The number of benzene rings is 1. The second kappa shape index (κ2) is 8.27. The van der Waals surface area contributed by atoms with Crippen LogP contribution in [-0.2, 0) is 4.74 Å². The Bertz CT molecular complexity index is 673. The van der Waals surface area contributed by atoms with E-state index in [1.165, 1.54) is 25.4 Å². The zero-order chi connectivity index (χ0) is 16.7. The number of halogens is 1. The summed E-state index contributed by atoms with van der Waals surface area (Å²) in [7, 11) is 1.53. The maximum absolute atomic E-state index is 13.5. The van der Waals surface area contributed by atoms with Crippen molar-refractivity contribution in [2.75, 3.05) is 13.7 Å². The van der Waals surface area contributed by atoms with Crippen LogP contribution in [-0.4, -0.2) is 24.7 Å². The molecule has 0 radical (unpaired) electrons. The van der Waals surface area contributed by atoms with Gasteiger partial charge >= 0.3 is 5.97 Å². The lowest BCUT2D eigenvalue weighted by atomic mass is 10.0. The number of carbonyl (C=O) groups is 1. The number of aromatic nitrogens is 1. The van der Waals surface area contributed by atoms with Gasteiger partial charge in [-0.25, -0.2) is 9.18 Å².